The van der Waals surface area contributed by atoms with Crippen molar-refractivity contribution < 1.29 is 9.26 Å². The number of hydrogen-bond donors (Lipinski definition) is 0. The van der Waals surface area contributed by atoms with Crippen molar-refractivity contribution in [1.82, 2.24) is 19.3 Å². The number of pyridine rings is 1. The zero-order chi connectivity index (χ0) is 19.3. The fourth-order valence-electron chi connectivity index (χ4n) is 3.42. The molecular formula is C20H20N4O3. The predicted octanol–water partition coefficient (Wildman–Crippen LogP) is 3.64. The Morgan fingerprint density at radius 2 is 1.81 bits per heavy atom. The van der Waals surface area contributed by atoms with Crippen LogP contribution in [0.4, 0.5) is 0 Å². The van der Waals surface area contributed by atoms with Crippen LogP contribution in [-0.2, 0) is 14.1 Å². The van der Waals surface area contributed by atoms with Gasteiger partial charge in [-0.1, -0.05) is 5.16 Å². The van der Waals surface area contributed by atoms with Gasteiger partial charge in [-0.15, -0.1) is 0 Å². The minimum absolute atomic E-state index is 0.117. The summed E-state index contributed by atoms with van der Waals surface area (Å²) < 4.78 is 14.7. The van der Waals surface area contributed by atoms with E-state index in [1.165, 1.54) is 0 Å². The van der Waals surface area contributed by atoms with Crippen LogP contribution in [0.1, 0.15) is 17.1 Å². The van der Waals surface area contributed by atoms with Crippen molar-refractivity contribution in [2.45, 2.75) is 20.8 Å². The number of imidazole rings is 1. The summed E-state index contributed by atoms with van der Waals surface area (Å²) in [6.07, 6.45) is 1.72. The molecular weight excluding hydrogens is 344 g/mol. The highest BCUT2D eigenvalue weighted by atomic mass is 16.5. The Morgan fingerprint density at radius 3 is 2.48 bits per heavy atom. The second kappa shape index (κ2) is 6.12. The number of benzene rings is 1. The van der Waals surface area contributed by atoms with Crippen molar-refractivity contribution in [3.63, 3.8) is 0 Å². The zero-order valence-corrected chi connectivity index (χ0v) is 15.9. The lowest BCUT2D eigenvalue weighted by atomic mass is 10.0. The van der Waals surface area contributed by atoms with Crippen LogP contribution in [0.5, 0.6) is 11.5 Å². The molecule has 0 saturated carbocycles. The van der Waals surface area contributed by atoms with Crippen LogP contribution < -0.4 is 10.4 Å². The van der Waals surface area contributed by atoms with Gasteiger partial charge in [0.05, 0.1) is 16.9 Å². The summed E-state index contributed by atoms with van der Waals surface area (Å²) in [5.74, 6) is 1.95. The van der Waals surface area contributed by atoms with Gasteiger partial charge in [-0.25, -0.2) is 4.79 Å². The molecule has 0 spiro atoms. The average molecular weight is 364 g/mol. The lowest BCUT2D eigenvalue weighted by Gasteiger charge is -2.12. The highest BCUT2D eigenvalue weighted by Crippen LogP contribution is 2.37. The number of aryl methyl sites for hydroxylation is 5. The molecule has 0 saturated heterocycles. The molecule has 3 aromatic heterocycles. The fourth-order valence-corrected chi connectivity index (χ4v) is 3.42. The van der Waals surface area contributed by atoms with Crippen molar-refractivity contribution >= 4 is 11.0 Å². The molecule has 0 bridgehead atoms. The summed E-state index contributed by atoms with van der Waals surface area (Å²) in [7, 11) is 3.49. The smallest absolute Gasteiger partial charge is 0.328 e. The minimum Gasteiger partial charge on any atom is -0.453 e. The first-order valence-corrected chi connectivity index (χ1v) is 8.60. The first-order chi connectivity index (χ1) is 12.9. The molecule has 4 aromatic rings. The molecule has 138 valence electrons. The Kier molecular flexibility index (Phi) is 3.87. The summed E-state index contributed by atoms with van der Waals surface area (Å²) in [6, 6.07) is 7.56. The second-order valence-corrected chi connectivity index (χ2v) is 6.63. The van der Waals surface area contributed by atoms with Crippen molar-refractivity contribution in [2.24, 2.45) is 14.1 Å². The molecule has 7 heteroatoms. The number of nitrogens with zero attached hydrogens (tertiary/aromatic N) is 4. The monoisotopic (exact) mass is 364 g/mol. The molecule has 27 heavy (non-hydrogen) atoms. The Balaban J connectivity index is 2.02. The maximum Gasteiger partial charge on any atom is 0.328 e. The molecule has 0 aliphatic carbocycles. The van der Waals surface area contributed by atoms with Gasteiger partial charge in [0.2, 0.25) is 0 Å². The molecule has 0 atom stereocenters. The van der Waals surface area contributed by atoms with E-state index in [4.69, 9.17) is 9.26 Å². The van der Waals surface area contributed by atoms with Gasteiger partial charge >= 0.3 is 5.69 Å². The summed E-state index contributed by atoms with van der Waals surface area (Å²) in [6.45, 7) is 5.65. The molecule has 0 fully saturated rings. The first-order valence-electron chi connectivity index (χ1n) is 8.60. The topological polar surface area (TPSA) is 75.1 Å². The standard InChI is InChI=1S/C20H20N4O3/c1-11-16(7-6-8-21-11)26-17-10-14(18-12(2)22-27-13(18)3)9-15-19(17)24(5)20(25)23(15)4/h6-10H,1-5H3. The van der Waals surface area contributed by atoms with Gasteiger partial charge in [0, 0.05) is 25.9 Å². The van der Waals surface area contributed by atoms with E-state index in [1.807, 2.05) is 45.0 Å². The molecule has 3 heterocycles. The lowest BCUT2D eigenvalue weighted by Crippen LogP contribution is -2.19. The van der Waals surface area contributed by atoms with E-state index < -0.39 is 0 Å². The maximum atomic E-state index is 12.5. The molecule has 4 rings (SSSR count). The summed E-state index contributed by atoms with van der Waals surface area (Å²) in [5, 5.41) is 4.05. The summed E-state index contributed by atoms with van der Waals surface area (Å²) >= 11 is 0. The van der Waals surface area contributed by atoms with E-state index in [9.17, 15) is 4.79 Å². The average Bonchev–Trinajstić information content (AvgIpc) is 3.09. The molecule has 0 unspecified atom stereocenters. The predicted molar refractivity (Wildman–Crippen MR) is 102 cm³/mol. The SMILES string of the molecule is Cc1ncccc1Oc1cc(-c2c(C)noc2C)cc2c1n(C)c(=O)n2C. The second-order valence-electron chi connectivity index (χ2n) is 6.63. The van der Waals surface area contributed by atoms with Gasteiger partial charge in [-0.05, 0) is 50.6 Å². The van der Waals surface area contributed by atoms with Crippen LogP contribution >= 0.6 is 0 Å². The summed E-state index contributed by atoms with van der Waals surface area (Å²) in [5.41, 5.74) is 4.73. The van der Waals surface area contributed by atoms with Crippen molar-refractivity contribution in [1.29, 1.82) is 0 Å². The third-order valence-electron chi connectivity index (χ3n) is 4.83. The Labute approximate surface area is 155 Å². The van der Waals surface area contributed by atoms with Gasteiger partial charge in [-0.2, -0.15) is 0 Å². The van der Waals surface area contributed by atoms with Gasteiger partial charge in [0.15, 0.2) is 5.75 Å². The van der Waals surface area contributed by atoms with Crippen LogP contribution in [0, 0.1) is 20.8 Å². The van der Waals surface area contributed by atoms with Crippen LogP contribution in [0.25, 0.3) is 22.2 Å². The van der Waals surface area contributed by atoms with E-state index in [-0.39, 0.29) is 5.69 Å². The van der Waals surface area contributed by atoms with E-state index in [1.54, 1.807) is 29.4 Å². The van der Waals surface area contributed by atoms with E-state index >= 15 is 0 Å². The third kappa shape index (κ3) is 2.63. The highest BCUT2D eigenvalue weighted by Gasteiger charge is 2.20. The molecule has 1 aromatic carbocycles. The Bertz CT molecular complexity index is 1210. The normalized spacial score (nSPS) is 11.3. The van der Waals surface area contributed by atoms with Crippen molar-refractivity contribution in [3.8, 4) is 22.6 Å². The molecule has 0 N–H and O–H groups in total. The highest BCUT2D eigenvalue weighted by molar-refractivity contribution is 5.89. The Hall–Kier alpha value is -3.35. The molecule has 7 nitrogen and oxygen atoms in total. The van der Waals surface area contributed by atoms with E-state index in [0.717, 1.165) is 39.3 Å². The van der Waals surface area contributed by atoms with Crippen molar-refractivity contribution in [2.75, 3.05) is 0 Å². The molecule has 0 aliphatic rings. The first kappa shape index (κ1) is 17.1. The van der Waals surface area contributed by atoms with Gasteiger partial charge in [0.1, 0.15) is 17.0 Å². The van der Waals surface area contributed by atoms with E-state index in [0.29, 0.717) is 11.5 Å². The number of hydrogen-bond acceptors (Lipinski definition) is 5. The number of ether oxygens (including phenoxy) is 1. The maximum absolute atomic E-state index is 12.5. The number of fused-ring (bicyclic) bond motifs is 1. The van der Waals surface area contributed by atoms with Crippen LogP contribution in [-0.4, -0.2) is 19.3 Å². The minimum atomic E-state index is -0.117. The van der Waals surface area contributed by atoms with Crippen LogP contribution in [0.2, 0.25) is 0 Å². The van der Waals surface area contributed by atoms with Crippen molar-refractivity contribution in [3.05, 3.63) is 58.1 Å². The quantitative estimate of drug-likeness (QED) is 0.555. The Morgan fingerprint density at radius 1 is 1.04 bits per heavy atom. The summed E-state index contributed by atoms with van der Waals surface area (Å²) in [4.78, 5) is 16.8. The third-order valence-corrected chi connectivity index (χ3v) is 4.83. The zero-order valence-electron chi connectivity index (χ0n) is 15.9. The largest absolute Gasteiger partial charge is 0.453 e. The van der Waals surface area contributed by atoms with Gasteiger partial charge in [-0.3, -0.25) is 14.1 Å². The molecule has 0 radical (unpaired) electrons. The number of aromatic nitrogens is 4. The van der Waals surface area contributed by atoms with Crippen LogP contribution in [0.15, 0.2) is 39.8 Å². The fraction of sp³-hybridized carbons (Fsp3) is 0.250. The van der Waals surface area contributed by atoms with E-state index in [2.05, 4.69) is 10.1 Å². The lowest BCUT2D eigenvalue weighted by molar-refractivity contribution is 0.393. The van der Waals surface area contributed by atoms with Gasteiger partial charge in [0.25, 0.3) is 0 Å². The van der Waals surface area contributed by atoms with Crippen LogP contribution in [0.3, 0.4) is 0 Å². The molecule has 0 aliphatic heterocycles. The number of rotatable bonds is 3. The molecule has 0 amide bonds. The van der Waals surface area contributed by atoms with Gasteiger partial charge < -0.3 is 9.26 Å².